The van der Waals surface area contributed by atoms with Crippen molar-refractivity contribution in [3.05, 3.63) is 12.0 Å². The lowest BCUT2D eigenvalue weighted by molar-refractivity contribution is 1.15. The van der Waals surface area contributed by atoms with Gasteiger partial charge in [-0.2, -0.15) is 0 Å². The third-order valence-electron chi connectivity index (χ3n) is 0.972. The zero-order valence-electron chi connectivity index (χ0n) is 5.02. The maximum absolute atomic E-state index is 3.97. The van der Waals surface area contributed by atoms with Gasteiger partial charge in [-0.1, -0.05) is 0 Å². The second kappa shape index (κ2) is 1.90. The molecule has 0 amide bonds. The summed E-state index contributed by atoms with van der Waals surface area (Å²) in [6.45, 7) is 1.92. The summed E-state index contributed by atoms with van der Waals surface area (Å²) in [4.78, 5) is 6.97. The molecular formula is C4H8BN3. The smallest absolute Gasteiger partial charge is 0.215 e. The fourth-order valence-corrected chi connectivity index (χ4v) is 0.548. The van der Waals surface area contributed by atoms with Crippen LogP contribution < -0.4 is 5.23 Å². The van der Waals surface area contributed by atoms with E-state index in [9.17, 15) is 0 Å². The first-order valence-corrected chi connectivity index (χ1v) is 2.52. The van der Waals surface area contributed by atoms with Gasteiger partial charge in [0.2, 0.25) is 7.98 Å². The van der Waals surface area contributed by atoms with Crippen LogP contribution in [0.5, 0.6) is 0 Å². The van der Waals surface area contributed by atoms with E-state index in [-0.39, 0.29) is 0 Å². The van der Waals surface area contributed by atoms with E-state index in [0.717, 1.165) is 11.6 Å². The van der Waals surface area contributed by atoms with Gasteiger partial charge in [0.25, 0.3) is 0 Å². The third kappa shape index (κ3) is 0.830. The molecular weight excluding hydrogens is 101 g/mol. The summed E-state index contributed by atoms with van der Waals surface area (Å²) in [5.74, 6) is 1.90. The van der Waals surface area contributed by atoms with Crippen LogP contribution in [0.25, 0.3) is 0 Å². The Labute approximate surface area is 48.9 Å². The molecule has 1 rings (SSSR count). The van der Waals surface area contributed by atoms with Crippen molar-refractivity contribution in [2.45, 2.75) is 6.92 Å². The predicted octanol–water partition coefficient (Wildman–Crippen LogP) is -0.322. The molecule has 0 aromatic carbocycles. The number of aromatic nitrogens is 2. The molecule has 1 aromatic rings. The average Bonchev–Trinajstić information content (AvgIpc) is 2.14. The van der Waals surface area contributed by atoms with Gasteiger partial charge in [-0.3, -0.25) is 0 Å². The topological polar surface area (TPSA) is 40.7 Å². The summed E-state index contributed by atoms with van der Waals surface area (Å²) >= 11 is 0. The van der Waals surface area contributed by atoms with Gasteiger partial charge >= 0.3 is 0 Å². The molecule has 0 aliphatic rings. The van der Waals surface area contributed by atoms with E-state index in [0.29, 0.717) is 0 Å². The Hall–Kier alpha value is -0.925. The van der Waals surface area contributed by atoms with Crippen molar-refractivity contribution in [3.8, 4) is 0 Å². The highest BCUT2D eigenvalue weighted by atomic mass is 15.0. The summed E-state index contributed by atoms with van der Waals surface area (Å²) < 4.78 is 0. The molecule has 4 heteroatoms. The van der Waals surface area contributed by atoms with Crippen molar-refractivity contribution >= 4 is 13.8 Å². The zero-order chi connectivity index (χ0) is 5.98. The lowest BCUT2D eigenvalue weighted by Gasteiger charge is -1.87. The minimum atomic E-state index is 0.939. The number of hydrogen-bond donors (Lipinski definition) is 2. The van der Waals surface area contributed by atoms with Crippen LogP contribution >= 0.6 is 0 Å². The van der Waals surface area contributed by atoms with E-state index in [4.69, 9.17) is 0 Å². The van der Waals surface area contributed by atoms with Crippen molar-refractivity contribution in [2.75, 3.05) is 5.23 Å². The molecule has 0 spiro atoms. The molecule has 0 aliphatic heterocycles. The second-order valence-corrected chi connectivity index (χ2v) is 1.63. The Morgan fingerprint density at radius 3 is 2.88 bits per heavy atom. The van der Waals surface area contributed by atoms with Crippen LogP contribution in [-0.4, -0.2) is 17.9 Å². The quantitative estimate of drug-likeness (QED) is 0.485. The van der Waals surface area contributed by atoms with E-state index < -0.39 is 0 Å². The number of H-pyrrole nitrogens is 1. The summed E-state index contributed by atoms with van der Waals surface area (Å²) in [5.41, 5.74) is 0. The van der Waals surface area contributed by atoms with Crippen molar-refractivity contribution in [1.29, 1.82) is 0 Å². The largest absolute Gasteiger partial charge is 0.420 e. The highest BCUT2D eigenvalue weighted by Gasteiger charge is 1.87. The molecule has 42 valence electrons. The average molecular weight is 109 g/mol. The first kappa shape index (κ1) is 5.22. The number of anilines is 1. The molecule has 0 saturated carbocycles. The van der Waals surface area contributed by atoms with Gasteiger partial charge in [-0.25, -0.2) is 4.98 Å². The van der Waals surface area contributed by atoms with E-state index >= 15 is 0 Å². The van der Waals surface area contributed by atoms with Gasteiger partial charge in [-0.15, -0.1) is 0 Å². The van der Waals surface area contributed by atoms with Gasteiger partial charge in [0, 0.05) is 0 Å². The summed E-state index contributed by atoms with van der Waals surface area (Å²) in [7, 11) is 1.85. The van der Waals surface area contributed by atoms with E-state index in [1.54, 1.807) is 6.20 Å². The summed E-state index contributed by atoms with van der Waals surface area (Å²) in [5, 5.41) is 2.93. The molecule has 3 nitrogen and oxygen atoms in total. The predicted molar refractivity (Wildman–Crippen MR) is 35.5 cm³/mol. The van der Waals surface area contributed by atoms with Gasteiger partial charge < -0.3 is 10.2 Å². The lowest BCUT2D eigenvalue weighted by atomic mass is 10.4. The lowest BCUT2D eigenvalue weighted by Crippen LogP contribution is -1.88. The number of aryl methyl sites for hydroxylation is 1. The zero-order valence-corrected chi connectivity index (χ0v) is 5.02. The number of rotatable bonds is 1. The van der Waals surface area contributed by atoms with Gasteiger partial charge in [0.1, 0.15) is 11.6 Å². The van der Waals surface area contributed by atoms with Crippen LogP contribution in [-0.2, 0) is 0 Å². The minimum absolute atomic E-state index is 0.939. The fourth-order valence-electron chi connectivity index (χ4n) is 0.548. The Balaban J connectivity index is 2.84. The maximum Gasteiger partial charge on any atom is 0.215 e. The first-order valence-electron chi connectivity index (χ1n) is 2.52. The molecule has 2 N–H and O–H groups in total. The third-order valence-corrected chi connectivity index (χ3v) is 0.972. The van der Waals surface area contributed by atoms with Crippen LogP contribution in [0, 0.1) is 6.92 Å². The van der Waals surface area contributed by atoms with Crippen molar-refractivity contribution in [2.24, 2.45) is 0 Å². The van der Waals surface area contributed by atoms with E-state index in [2.05, 4.69) is 15.2 Å². The van der Waals surface area contributed by atoms with Gasteiger partial charge in [0.05, 0.1) is 6.20 Å². The van der Waals surface area contributed by atoms with Crippen molar-refractivity contribution in [3.63, 3.8) is 0 Å². The molecule has 0 aliphatic carbocycles. The van der Waals surface area contributed by atoms with Crippen LogP contribution in [0.2, 0.25) is 0 Å². The maximum atomic E-state index is 3.97. The fraction of sp³-hybridized carbons (Fsp3) is 0.250. The van der Waals surface area contributed by atoms with Crippen LogP contribution in [0.1, 0.15) is 5.82 Å². The van der Waals surface area contributed by atoms with Crippen LogP contribution in [0.15, 0.2) is 6.20 Å². The number of hydrogen-bond acceptors (Lipinski definition) is 2. The molecule has 1 aromatic heterocycles. The highest BCUT2D eigenvalue weighted by molar-refractivity contribution is 6.15. The molecule has 0 bridgehead atoms. The second-order valence-electron chi connectivity index (χ2n) is 1.63. The van der Waals surface area contributed by atoms with E-state index in [1.165, 1.54) is 0 Å². The Morgan fingerprint density at radius 2 is 2.62 bits per heavy atom. The molecule has 0 unspecified atom stereocenters. The van der Waals surface area contributed by atoms with Crippen LogP contribution in [0.4, 0.5) is 5.82 Å². The molecule has 0 fully saturated rings. The Bertz CT molecular complexity index is 172. The van der Waals surface area contributed by atoms with Gasteiger partial charge in [-0.05, 0) is 6.92 Å². The SMILES string of the molecule is BNc1cnc(C)[nH]1. The van der Waals surface area contributed by atoms with Crippen molar-refractivity contribution < 1.29 is 0 Å². The minimum Gasteiger partial charge on any atom is -0.420 e. The Kier molecular flexibility index (Phi) is 1.24. The van der Waals surface area contributed by atoms with Crippen molar-refractivity contribution in [1.82, 2.24) is 9.97 Å². The Morgan fingerprint density at radius 1 is 1.88 bits per heavy atom. The molecule has 0 atom stereocenters. The monoisotopic (exact) mass is 109 g/mol. The normalized spacial score (nSPS) is 9.12. The standard InChI is InChI=1S/C4H8BN3/c1-3-6-2-4(7-3)8-5/h2,8H,5H2,1H3,(H,6,7). The van der Waals surface area contributed by atoms with Crippen LogP contribution in [0.3, 0.4) is 0 Å². The molecule has 0 saturated heterocycles. The molecule has 0 radical (unpaired) electrons. The van der Waals surface area contributed by atoms with Gasteiger partial charge in [0.15, 0.2) is 0 Å². The molecule has 8 heavy (non-hydrogen) atoms. The highest BCUT2D eigenvalue weighted by Crippen LogP contribution is 1.98. The number of nitrogens with zero attached hydrogens (tertiary/aromatic N) is 1. The number of aromatic amines is 1. The summed E-state index contributed by atoms with van der Waals surface area (Å²) in [6.07, 6.45) is 1.76. The number of nitrogens with one attached hydrogen (secondary N) is 2. The number of imidazole rings is 1. The first-order chi connectivity index (χ1) is 3.83. The molecule has 1 heterocycles. The summed E-state index contributed by atoms with van der Waals surface area (Å²) in [6, 6.07) is 0. The van der Waals surface area contributed by atoms with E-state index in [1.807, 2.05) is 14.9 Å².